The van der Waals surface area contributed by atoms with E-state index in [0.717, 1.165) is 17.6 Å². The molecule has 0 aliphatic carbocycles. The number of hydrogen-bond acceptors (Lipinski definition) is 3. The minimum Gasteiger partial charge on any atom is -0.481 e. The Labute approximate surface area is 173 Å². The first kappa shape index (κ1) is 20.7. The predicted molar refractivity (Wildman–Crippen MR) is 110 cm³/mol. The second-order valence-electron chi connectivity index (χ2n) is 6.67. The number of rotatable bonds is 5. The molecule has 29 heavy (non-hydrogen) atoms. The fourth-order valence-corrected chi connectivity index (χ4v) is 3.14. The molecule has 2 aromatic carbocycles. The highest BCUT2D eigenvalue weighted by atomic mass is 35.5. The van der Waals surface area contributed by atoms with Gasteiger partial charge >= 0.3 is 6.03 Å². The van der Waals surface area contributed by atoms with Crippen molar-refractivity contribution < 1.29 is 18.7 Å². The molecule has 0 aromatic heterocycles. The zero-order valence-corrected chi connectivity index (χ0v) is 16.6. The summed E-state index contributed by atoms with van der Waals surface area (Å²) in [5, 5.41) is 2.57. The number of halogens is 2. The van der Waals surface area contributed by atoms with Gasteiger partial charge in [0.25, 0.3) is 5.91 Å². The van der Waals surface area contributed by atoms with Crippen LogP contribution in [0.4, 0.5) is 14.9 Å². The third kappa shape index (κ3) is 5.26. The van der Waals surface area contributed by atoms with Crippen LogP contribution in [0.3, 0.4) is 0 Å². The molecule has 0 spiro atoms. The molecule has 1 aliphatic rings. The molecule has 3 rings (SSSR count). The first-order chi connectivity index (χ1) is 13.8. The third-order valence-corrected chi connectivity index (χ3v) is 4.90. The summed E-state index contributed by atoms with van der Waals surface area (Å²) in [7, 11) is 0. The van der Waals surface area contributed by atoms with Crippen LogP contribution in [0.5, 0.6) is 5.75 Å². The molecule has 8 heteroatoms. The van der Waals surface area contributed by atoms with E-state index in [9.17, 15) is 14.0 Å². The number of hydrogen-bond donors (Lipinski definition) is 2. The van der Waals surface area contributed by atoms with E-state index in [1.54, 1.807) is 24.0 Å². The Hall–Kier alpha value is -3.06. The molecule has 3 amide bonds. The molecule has 0 bridgehead atoms. The molecule has 6 nitrogen and oxygen atoms in total. The van der Waals surface area contributed by atoms with Gasteiger partial charge < -0.3 is 20.7 Å². The number of carbonyl (C=O) groups is 2. The zero-order valence-electron chi connectivity index (χ0n) is 15.8. The van der Waals surface area contributed by atoms with Gasteiger partial charge in [0.15, 0.2) is 6.10 Å². The standard InChI is InChI=1S/C21H21ClFN3O3/c1-13(20(27)25-16-4-7-19(23)18(22)12-16)29-17-5-2-14(3-6-17)15-8-10-26(11-9-15)21(24)28/h2-8,12-13H,9-11H2,1H3,(H2,24,28)(H,25,27)/t13-/m1/s1. The van der Waals surface area contributed by atoms with Crippen LogP contribution in [0.2, 0.25) is 5.02 Å². The summed E-state index contributed by atoms with van der Waals surface area (Å²) in [5.74, 6) is -0.383. The Kier molecular flexibility index (Phi) is 6.39. The summed E-state index contributed by atoms with van der Waals surface area (Å²) >= 11 is 5.72. The lowest BCUT2D eigenvalue weighted by molar-refractivity contribution is -0.122. The fraction of sp³-hybridized carbons (Fsp3) is 0.238. The fourth-order valence-electron chi connectivity index (χ4n) is 2.95. The maximum Gasteiger partial charge on any atom is 0.315 e. The Bertz CT molecular complexity index is 947. The van der Waals surface area contributed by atoms with Gasteiger partial charge in [0.2, 0.25) is 0 Å². The van der Waals surface area contributed by atoms with Gasteiger partial charge in [-0.15, -0.1) is 0 Å². The van der Waals surface area contributed by atoms with Gasteiger partial charge in [0, 0.05) is 18.8 Å². The molecule has 0 fully saturated rings. The van der Waals surface area contributed by atoms with Crippen molar-refractivity contribution in [1.82, 2.24) is 4.90 Å². The van der Waals surface area contributed by atoms with Gasteiger partial charge in [-0.05, 0) is 54.8 Å². The van der Waals surface area contributed by atoms with E-state index >= 15 is 0 Å². The third-order valence-electron chi connectivity index (χ3n) is 4.62. The highest BCUT2D eigenvalue weighted by Gasteiger charge is 2.17. The van der Waals surface area contributed by atoms with Crippen molar-refractivity contribution in [3.63, 3.8) is 0 Å². The van der Waals surface area contributed by atoms with Crippen molar-refractivity contribution >= 4 is 34.8 Å². The molecule has 1 heterocycles. The van der Waals surface area contributed by atoms with Gasteiger partial charge in [-0.3, -0.25) is 4.79 Å². The highest BCUT2D eigenvalue weighted by Crippen LogP contribution is 2.25. The number of nitrogens with two attached hydrogens (primary N) is 1. The Morgan fingerprint density at radius 1 is 1.24 bits per heavy atom. The Morgan fingerprint density at radius 3 is 2.55 bits per heavy atom. The van der Waals surface area contributed by atoms with Crippen LogP contribution in [-0.2, 0) is 4.79 Å². The lowest BCUT2D eigenvalue weighted by Crippen LogP contribution is -2.38. The topological polar surface area (TPSA) is 84.7 Å². The van der Waals surface area contributed by atoms with Crippen LogP contribution < -0.4 is 15.8 Å². The molecular formula is C21H21ClFN3O3. The molecule has 0 unspecified atom stereocenters. The molecule has 2 aromatic rings. The maximum atomic E-state index is 13.2. The number of anilines is 1. The summed E-state index contributed by atoms with van der Waals surface area (Å²) in [4.78, 5) is 25.1. The number of benzene rings is 2. The van der Waals surface area contributed by atoms with Crippen molar-refractivity contribution in [1.29, 1.82) is 0 Å². The number of ether oxygens (including phenoxy) is 1. The van der Waals surface area contributed by atoms with E-state index in [-0.39, 0.29) is 10.9 Å². The highest BCUT2D eigenvalue weighted by molar-refractivity contribution is 6.31. The zero-order chi connectivity index (χ0) is 21.0. The molecular weight excluding hydrogens is 397 g/mol. The van der Waals surface area contributed by atoms with Crippen molar-refractivity contribution in [2.45, 2.75) is 19.4 Å². The van der Waals surface area contributed by atoms with Gasteiger partial charge in [0.05, 0.1) is 5.02 Å². The number of primary amides is 1. The van der Waals surface area contributed by atoms with Crippen LogP contribution in [0.1, 0.15) is 18.9 Å². The lowest BCUT2D eigenvalue weighted by Gasteiger charge is -2.25. The molecule has 0 saturated heterocycles. The lowest BCUT2D eigenvalue weighted by atomic mass is 9.99. The number of nitrogens with zero attached hydrogens (tertiary/aromatic N) is 1. The summed E-state index contributed by atoms with van der Waals surface area (Å²) < 4.78 is 18.9. The average molecular weight is 418 g/mol. The van der Waals surface area contributed by atoms with Crippen LogP contribution in [-0.4, -0.2) is 36.0 Å². The Morgan fingerprint density at radius 2 is 1.97 bits per heavy atom. The van der Waals surface area contributed by atoms with E-state index in [4.69, 9.17) is 22.1 Å². The monoisotopic (exact) mass is 417 g/mol. The molecule has 152 valence electrons. The van der Waals surface area contributed by atoms with Crippen molar-refractivity contribution in [3.05, 3.63) is 64.9 Å². The SMILES string of the molecule is C[C@@H](Oc1ccc(C2=CCN(C(N)=O)CC2)cc1)C(=O)Nc1ccc(F)c(Cl)c1. The summed E-state index contributed by atoms with van der Waals surface area (Å²) in [5.41, 5.74) is 7.84. The van der Waals surface area contributed by atoms with Gasteiger partial charge in [-0.2, -0.15) is 0 Å². The summed E-state index contributed by atoms with van der Waals surface area (Å²) in [6.07, 6.45) is 1.94. The number of carbonyl (C=O) groups excluding carboxylic acids is 2. The number of amides is 3. The predicted octanol–water partition coefficient (Wildman–Crippen LogP) is 4.05. The number of nitrogens with one attached hydrogen (secondary N) is 1. The first-order valence-electron chi connectivity index (χ1n) is 9.10. The van der Waals surface area contributed by atoms with E-state index < -0.39 is 18.0 Å². The minimum absolute atomic E-state index is 0.0667. The van der Waals surface area contributed by atoms with Gasteiger partial charge in [-0.1, -0.05) is 29.8 Å². The quantitative estimate of drug-likeness (QED) is 0.769. The minimum atomic E-state index is -0.761. The smallest absolute Gasteiger partial charge is 0.315 e. The average Bonchev–Trinajstić information content (AvgIpc) is 2.71. The van der Waals surface area contributed by atoms with Crippen LogP contribution in [0.15, 0.2) is 48.5 Å². The molecule has 1 atom stereocenters. The van der Waals surface area contributed by atoms with Crippen molar-refractivity contribution in [3.8, 4) is 5.75 Å². The van der Waals surface area contributed by atoms with E-state index in [1.165, 1.54) is 18.2 Å². The molecule has 0 radical (unpaired) electrons. The molecule has 3 N–H and O–H groups in total. The second-order valence-corrected chi connectivity index (χ2v) is 7.07. The summed E-state index contributed by atoms with van der Waals surface area (Å²) in [6.45, 7) is 2.70. The van der Waals surface area contributed by atoms with Gasteiger partial charge in [-0.25, -0.2) is 9.18 Å². The maximum absolute atomic E-state index is 13.2. The molecule has 0 saturated carbocycles. The largest absolute Gasteiger partial charge is 0.481 e. The molecule has 1 aliphatic heterocycles. The van der Waals surface area contributed by atoms with Crippen molar-refractivity contribution in [2.24, 2.45) is 5.73 Å². The number of urea groups is 1. The Balaban J connectivity index is 1.58. The van der Waals surface area contributed by atoms with Crippen LogP contribution in [0.25, 0.3) is 5.57 Å². The summed E-state index contributed by atoms with van der Waals surface area (Å²) in [6, 6.07) is 10.9. The van der Waals surface area contributed by atoms with Crippen molar-refractivity contribution in [2.75, 3.05) is 18.4 Å². The van der Waals surface area contributed by atoms with E-state index in [1.807, 2.05) is 18.2 Å². The normalized spacial score (nSPS) is 14.7. The van der Waals surface area contributed by atoms with Crippen LogP contribution >= 0.6 is 11.6 Å². The van der Waals surface area contributed by atoms with E-state index in [0.29, 0.717) is 24.5 Å². The van der Waals surface area contributed by atoms with Gasteiger partial charge in [0.1, 0.15) is 11.6 Å². The first-order valence-corrected chi connectivity index (χ1v) is 9.47. The van der Waals surface area contributed by atoms with E-state index in [2.05, 4.69) is 5.32 Å². The van der Waals surface area contributed by atoms with Crippen LogP contribution in [0, 0.1) is 5.82 Å². The second kappa shape index (κ2) is 8.96.